The molecule has 0 amide bonds. The number of nitrogens with zero attached hydrogens (tertiary/aromatic N) is 4. The first-order valence-electron chi connectivity index (χ1n) is 6.10. The first-order chi connectivity index (χ1) is 8.17. The van der Waals surface area contributed by atoms with Gasteiger partial charge >= 0.3 is 0 Å². The fourth-order valence-electron chi connectivity index (χ4n) is 1.42. The summed E-state index contributed by atoms with van der Waals surface area (Å²) in [5.74, 6) is 1.49. The quantitative estimate of drug-likeness (QED) is 0.560. The molecule has 0 fully saturated rings. The molecule has 1 aromatic heterocycles. The predicted octanol–water partition coefficient (Wildman–Crippen LogP) is 0.543. The van der Waals surface area contributed by atoms with Crippen molar-refractivity contribution < 1.29 is 0 Å². The third kappa shape index (κ3) is 4.42. The molecule has 0 saturated heterocycles. The Morgan fingerprint density at radius 3 is 3.00 bits per heavy atom. The SMILES string of the molecule is CCc1nncn1CCN=C(N)NC(C)CC. The van der Waals surface area contributed by atoms with Crippen molar-refractivity contribution in [2.24, 2.45) is 10.7 Å². The lowest BCUT2D eigenvalue weighted by atomic mass is 10.3. The summed E-state index contributed by atoms with van der Waals surface area (Å²) in [6, 6.07) is 0.361. The summed E-state index contributed by atoms with van der Waals surface area (Å²) in [5.41, 5.74) is 5.76. The Morgan fingerprint density at radius 1 is 1.59 bits per heavy atom. The van der Waals surface area contributed by atoms with Crippen LogP contribution in [0.1, 0.15) is 33.0 Å². The highest BCUT2D eigenvalue weighted by atomic mass is 15.3. The predicted molar refractivity (Wildman–Crippen MR) is 68.8 cm³/mol. The van der Waals surface area contributed by atoms with Crippen LogP contribution < -0.4 is 11.1 Å². The van der Waals surface area contributed by atoms with Crippen molar-refractivity contribution >= 4 is 5.96 Å². The van der Waals surface area contributed by atoms with Gasteiger partial charge < -0.3 is 15.6 Å². The van der Waals surface area contributed by atoms with Crippen molar-refractivity contribution in [3.05, 3.63) is 12.2 Å². The van der Waals surface area contributed by atoms with Gasteiger partial charge in [-0.1, -0.05) is 13.8 Å². The Morgan fingerprint density at radius 2 is 2.35 bits per heavy atom. The molecule has 0 aliphatic heterocycles. The molecule has 3 N–H and O–H groups in total. The number of aliphatic imine (C=N–C) groups is 1. The van der Waals surface area contributed by atoms with Crippen molar-refractivity contribution in [3.8, 4) is 0 Å². The van der Waals surface area contributed by atoms with E-state index in [1.807, 2.05) is 4.57 Å². The molecule has 96 valence electrons. The zero-order valence-electron chi connectivity index (χ0n) is 10.8. The van der Waals surface area contributed by atoms with Crippen LogP contribution in [-0.2, 0) is 13.0 Å². The lowest BCUT2D eigenvalue weighted by molar-refractivity contribution is 0.628. The molecule has 6 heteroatoms. The van der Waals surface area contributed by atoms with Crippen LogP contribution >= 0.6 is 0 Å². The molecular weight excluding hydrogens is 216 g/mol. The van der Waals surface area contributed by atoms with Gasteiger partial charge in [0.05, 0.1) is 6.54 Å². The van der Waals surface area contributed by atoms with E-state index in [0.717, 1.165) is 25.2 Å². The van der Waals surface area contributed by atoms with Crippen LogP contribution in [0.5, 0.6) is 0 Å². The van der Waals surface area contributed by atoms with Gasteiger partial charge in [-0.2, -0.15) is 0 Å². The number of hydrogen-bond acceptors (Lipinski definition) is 3. The Labute approximate surface area is 102 Å². The molecule has 0 aliphatic carbocycles. The first-order valence-corrected chi connectivity index (χ1v) is 6.10. The fourth-order valence-corrected chi connectivity index (χ4v) is 1.42. The van der Waals surface area contributed by atoms with Crippen molar-refractivity contribution in [1.29, 1.82) is 0 Å². The Bertz CT molecular complexity index is 357. The number of hydrogen-bond donors (Lipinski definition) is 2. The Hall–Kier alpha value is -1.59. The van der Waals surface area contributed by atoms with Gasteiger partial charge in [0.2, 0.25) is 0 Å². The van der Waals surface area contributed by atoms with Gasteiger partial charge in [-0.25, -0.2) is 0 Å². The minimum atomic E-state index is 0.361. The lowest BCUT2D eigenvalue weighted by Gasteiger charge is -2.11. The molecule has 1 heterocycles. The van der Waals surface area contributed by atoms with E-state index < -0.39 is 0 Å². The van der Waals surface area contributed by atoms with Crippen molar-refractivity contribution in [2.45, 2.75) is 46.2 Å². The van der Waals surface area contributed by atoms with Gasteiger partial charge in [0.1, 0.15) is 12.2 Å². The van der Waals surface area contributed by atoms with E-state index in [-0.39, 0.29) is 0 Å². The van der Waals surface area contributed by atoms with E-state index >= 15 is 0 Å². The molecule has 0 aliphatic rings. The Kier molecular flexibility index (Phi) is 5.45. The minimum absolute atomic E-state index is 0.361. The highest BCUT2D eigenvalue weighted by Crippen LogP contribution is 1.95. The normalized spacial score (nSPS) is 13.7. The van der Waals surface area contributed by atoms with E-state index in [1.165, 1.54) is 0 Å². The van der Waals surface area contributed by atoms with E-state index in [9.17, 15) is 0 Å². The van der Waals surface area contributed by atoms with Gasteiger partial charge in [-0.15, -0.1) is 10.2 Å². The zero-order chi connectivity index (χ0) is 12.7. The summed E-state index contributed by atoms with van der Waals surface area (Å²) in [6.45, 7) is 7.65. The highest BCUT2D eigenvalue weighted by Gasteiger charge is 2.01. The minimum Gasteiger partial charge on any atom is -0.370 e. The van der Waals surface area contributed by atoms with Crippen LogP contribution in [-0.4, -0.2) is 33.3 Å². The Balaban J connectivity index is 2.38. The summed E-state index contributed by atoms with van der Waals surface area (Å²) in [4.78, 5) is 4.27. The number of nitrogens with two attached hydrogens (primary N) is 1. The molecule has 0 bridgehead atoms. The molecule has 1 unspecified atom stereocenters. The van der Waals surface area contributed by atoms with Crippen molar-refractivity contribution in [2.75, 3.05) is 6.54 Å². The van der Waals surface area contributed by atoms with Crippen LogP contribution in [0.3, 0.4) is 0 Å². The third-order valence-electron chi connectivity index (χ3n) is 2.64. The highest BCUT2D eigenvalue weighted by molar-refractivity contribution is 5.78. The number of guanidine groups is 1. The van der Waals surface area contributed by atoms with Crippen LogP contribution in [0.15, 0.2) is 11.3 Å². The molecule has 0 radical (unpaired) electrons. The van der Waals surface area contributed by atoms with E-state index in [4.69, 9.17) is 5.73 Å². The van der Waals surface area contributed by atoms with Gasteiger partial charge in [0.15, 0.2) is 5.96 Å². The first kappa shape index (κ1) is 13.5. The maximum Gasteiger partial charge on any atom is 0.188 e. The maximum absolute atomic E-state index is 5.76. The monoisotopic (exact) mass is 238 g/mol. The smallest absolute Gasteiger partial charge is 0.188 e. The number of rotatable bonds is 6. The second-order valence-corrected chi connectivity index (χ2v) is 4.01. The third-order valence-corrected chi connectivity index (χ3v) is 2.64. The van der Waals surface area contributed by atoms with Gasteiger partial charge in [-0.05, 0) is 13.3 Å². The molecule has 1 rings (SSSR count). The van der Waals surface area contributed by atoms with E-state index in [1.54, 1.807) is 6.33 Å². The van der Waals surface area contributed by atoms with E-state index in [0.29, 0.717) is 18.5 Å². The number of aryl methyl sites for hydroxylation is 1. The summed E-state index contributed by atoms with van der Waals surface area (Å²) >= 11 is 0. The van der Waals surface area contributed by atoms with Crippen LogP contribution in [0.25, 0.3) is 0 Å². The van der Waals surface area contributed by atoms with Crippen LogP contribution in [0, 0.1) is 0 Å². The van der Waals surface area contributed by atoms with Gasteiger partial charge in [0, 0.05) is 19.0 Å². The topological polar surface area (TPSA) is 81.1 Å². The molecule has 17 heavy (non-hydrogen) atoms. The molecule has 0 saturated carbocycles. The average molecular weight is 238 g/mol. The second-order valence-electron chi connectivity index (χ2n) is 4.01. The molecule has 0 spiro atoms. The summed E-state index contributed by atoms with van der Waals surface area (Å²) in [7, 11) is 0. The summed E-state index contributed by atoms with van der Waals surface area (Å²) in [5, 5.41) is 11.0. The number of aromatic nitrogens is 3. The molecular formula is C11H22N6. The largest absolute Gasteiger partial charge is 0.370 e. The standard InChI is InChI=1S/C11H22N6/c1-4-9(3)15-11(12)13-6-7-17-8-14-16-10(17)5-2/h8-9H,4-7H2,1-3H3,(H3,12,13,15). The van der Waals surface area contributed by atoms with Crippen LogP contribution in [0.4, 0.5) is 0 Å². The van der Waals surface area contributed by atoms with Crippen LogP contribution in [0.2, 0.25) is 0 Å². The maximum atomic E-state index is 5.76. The second kappa shape index (κ2) is 6.88. The van der Waals surface area contributed by atoms with Gasteiger partial charge in [-0.3, -0.25) is 4.99 Å². The molecule has 0 aromatic carbocycles. The zero-order valence-corrected chi connectivity index (χ0v) is 10.8. The molecule has 1 atom stereocenters. The molecule has 6 nitrogen and oxygen atoms in total. The summed E-state index contributed by atoms with van der Waals surface area (Å²) < 4.78 is 2.00. The lowest BCUT2D eigenvalue weighted by Crippen LogP contribution is -2.38. The van der Waals surface area contributed by atoms with Crippen molar-refractivity contribution in [1.82, 2.24) is 20.1 Å². The molecule has 1 aromatic rings. The van der Waals surface area contributed by atoms with E-state index in [2.05, 4.69) is 41.3 Å². The fraction of sp³-hybridized carbons (Fsp3) is 0.727. The summed E-state index contributed by atoms with van der Waals surface area (Å²) in [6.07, 6.45) is 3.64. The average Bonchev–Trinajstić information content (AvgIpc) is 2.76. The number of nitrogens with one attached hydrogen (secondary N) is 1. The van der Waals surface area contributed by atoms with Gasteiger partial charge in [0.25, 0.3) is 0 Å². The van der Waals surface area contributed by atoms with Crippen molar-refractivity contribution in [3.63, 3.8) is 0 Å².